The van der Waals surface area contributed by atoms with Crippen LogP contribution < -0.4 is 16.0 Å². The quantitative estimate of drug-likeness (QED) is 0.511. The average Bonchev–Trinajstić information content (AvgIpc) is 2.33. The van der Waals surface area contributed by atoms with E-state index in [-0.39, 0.29) is 25.0 Å². The summed E-state index contributed by atoms with van der Waals surface area (Å²) in [4.78, 5) is 15.7. The summed E-state index contributed by atoms with van der Waals surface area (Å²) in [6.07, 6.45) is -5.14. The molecule has 3 N–H and O–H groups in total. The molecule has 0 fully saturated rings. The van der Waals surface area contributed by atoms with Crippen LogP contribution in [0.25, 0.3) is 0 Å². The molecule has 0 aromatic rings. The van der Waals surface area contributed by atoms with E-state index in [0.717, 1.165) is 0 Å². The van der Waals surface area contributed by atoms with Gasteiger partial charge in [-0.05, 0) is 20.8 Å². The van der Waals surface area contributed by atoms with Crippen molar-refractivity contribution in [2.75, 3.05) is 26.7 Å². The van der Waals surface area contributed by atoms with Crippen molar-refractivity contribution in [1.29, 1.82) is 0 Å². The van der Waals surface area contributed by atoms with Crippen molar-refractivity contribution in [2.45, 2.75) is 33.4 Å². The molecule has 8 heteroatoms. The highest BCUT2D eigenvalue weighted by Crippen LogP contribution is 2.18. The Morgan fingerprint density at radius 2 is 1.80 bits per heavy atom. The molecule has 0 radical (unpaired) electrons. The van der Waals surface area contributed by atoms with Gasteiger partial charge in [0.1, 0.15) is 0 Å². The standard InChI is InChI=1S/C12H23F3N4O/c1-5-17-10(18-7-6-12(13,14)15)19-8-11(2,3)9(20)16-4/h5-8H2,1-4H3,(H,16,20)(H2,17,18,19). The van der Waals surface area contributed by atoms with E-state index in [9.17, 15) is 18.0 Å². The maximum absolute atomic E-state index is 12.1. The average molecular weight is 296 g/mol. The van der Waals surface area contributed by atoms with E-state index in [2.05, 4.69) is 20.9 Å². The van der Waals surface area contributed by atoms with Crippen LogP contribution in [-0.4, -0.2) is 44.7 Å². The molecule has 20 heavy (non-hydrogen) atoms. The molecule has 0 aromatic heterocycles. The van der Waals surface area contributed by atoms with Gasteiger partial charge in [-0.15, -0.1) is 0 Å². The van der Waals surface area contributed by atoms with Crippen LogP contribution in [0.3, 0.4) is 0 Å². The van der Waals surface area contributed by atoms with Crippen LogP contribution in [0, 0.1) is 5.41 Å². The first-order valence-corrected chi connectivity index (χ1v) is 6.43. The van der Waals surface area contributed by atoms with Gasteiger partial charge in [-0.1, -0.05) is 0 Å². The number of guanidine groups is 1. The molecule has 118 valence electrons. The Bertz CT molecular complexity index is 340. The molecule has 0 saturated carbocycles. The molecule has 1 amide bonds. The molecule has 5 nitrogen and oxygen atoms in total. The van der Waals surface area contributed by atoms with Gasteiger partial charge in [-0.3, -0.25) is 9.79 Å². The molecule has 0 saturated heterocycles. The number of carbonyl (C=O) groups excluding carboxylic acids is 1. The fraction of sp³-hybridized carbons (Fsp3) is 0.833. The highest BCUT2D eigenvalue weighted by Gasteiger charge is 2.27. The monoisotopic (exact) mass is 296 g/mol. The zero-order chi connectivity index (χ0) is 15.8. The predicted octanol–water partition coefficient (Wildman–Crippen LogP) is 1.27. The number of rotatable bonds is 6. The number of alkyl halides is 3. The Morgan fingerprint density at radius 3 is 2.25 bits per heavy atom. The second kappa shape index (κ2) is 7.96. The van der Waals surface area contributed by atoms with Crippen molar-refractivity contribution in [2.24, 2.45) is 10.4 Å². The maximum atomic E-state index is 12.1. The summed E-state index contributed by atoms with van der Waals surface area (Å²) >= 11 is 0. The molecule has 0 unspecified atom stereocenters. The van der Waals surface area contributed by atoms with Crippen LogP contribution in [0.1, 0.15) is 27.2 Å². The van der Waals surface area contributed by atoms with E-state index in [1.54, 1.807) is 13.8 Å². The smallest absolute Gasteiger partial charge is 0.359 e. The first-order valence-electron chi connectivity index (χ1n) is 6.43. The lowest BCUT2D eigenvalue weighted by Crippen LogP contribution is -2.41. The predicted molar refractivity (Wildman–Crippen MR) is 72.5 cm³/mol. The Labute approximate surface area is 117 Å². The topological polar surface area (TPSA) is 65.5 Å². The minimum Gasteiger partial charge on any atom is -0.359 e. The van der Waals surface area contributed by atoms with Crippen LogP contribution in [-0.2, 0) is 4.79 Å². The van der Waals surface area contributed by atoms with E-state index in [0.29, 0.717) is 6.54 Å². The van der Waals surface area contributed by atoms with Crippen LogP contribution in [0.15, 0.2) is 4.99 Å². The first-order chi connectivity index (χ1) is 9.12. The number of amides is 1. The van der Waals surface area contributed by atoms with E-state index in [1.165, 1.54) is 7.05 Å². The molecule has 0 rings (SSSR count). The van der Waals surface area contributed by atoms with Gasteiger partial charge in [0.15, 0.2) is 5.96 Å². The van der Waals surface area contributed by atoms with E-state index < -0.39 is 18.0 Å². The van der Waals surface area contributed by atoms with E-state index in [1.807, 2.05) is 6.92 Å². The number of hydrogen-bond acceptors (Lipinski definition) is 2. The lowest BCUT2D eigenvalue weighted by Gasteiger charge is -2.21. The fourth-order valence-corrected chi connectivity index (χ4v) is 1.35. The summed E-state index contributed by atoms with van der Waals surface area (Å²) in [5.41, 5.74) is -0.721. The third kappa shape index (κ3) is 7.85. The molecule has 0 aliphatic rings. The third-order valence-corrected chi connectivity index (χ3v) is 2.52. The summed E-state index contributed by atoms with van der Waals surface area (Å²) in [6.45, 7) is 5.69. The second-order valence-corrected chi connectivity index (χ2v) is 4.95. The van der Waals surface area contributed by atoms with Crippen molar-refractivity contribution in [1.82, 2.24) is 16.0 Å². The van der Waals surface area contributed by atoms with Gasteiger partial charge in [-0.25, -0.2) is 0 Å². The molecule has 0 aromatic carbocycles. The summed E-state index contributed by atoms with van der Waals surface area (Å²) < 4.78 is 36.2. The van der Waals surface area contributed by atoms with Crippen molar-refractivity contribution in [3.8, 4) is 0 Å². The summed E-state index contributed by atoms with van der Waals surface area (Å²) in [7, 11) is 1.53. The van der Waals surface area contributed by atoms with Gasteiger partial charge in [-0.2, -0.15) is 13.2 Å². The highest BCUT2D eigenvalue weighted by atomic mass is 19.4. The van der Waals surface area contributed by atoms with Crippen molar-refractivity contribution >= 4 is 11.9 Å². The van der Waals surface area contributed by atoms with Gasteiger partial charge in [0.05, 0.1) is 18.4 Å². The van der Waals surface area contributed by atoms with Crippen LogP contribution in [0.2, 0.25) is 0 Å². The summed E-state index contributed by atoms with van der Waals surface area (Å²) in [6, 6.07) is 0. The van der Waals surface area contributed by atoms with Gasteiger partial charge in [0, 0.05) is 20.1 Å². The minimum atomic E-state index is -4.20. The lowest BCUT2D eigenvalue weighted by molar-refractivity contribution is -0.132. The Kier molecular flexibility index (Phi) is 7.38. The summed E-state index contributed by atoms with van der Waals surface area (Å²) in [5, 5.41) is 7.96. The van der Waals surface area contributed by atoms with Crippen LogP contribution in [0.5, 0.6) is 0 Å². The number of nitrogens with zero attached hydrogens (tertiary/aromatic N) is 1. The minimum absolute atomic E-state index is 0.174. The number of carbonyl (C=O) groups is 1. The van der Waals surface area contributed by atoms with Crippen molar-refractivity contribution in [3.05, 3.63) is 0 Å². The molecule has 0 aliphatic carbocycles. The molecule has 0 aliphatic heterocycles. The number of halogens is 3. The van der Waals surface area contributed by atoms with E-state index in [4.69, 9.17) is 0 Å². The zero-order valence-corrected chi connectivity index (χ0v) is 12.3. The van der Waals surface area contributed by atoms with Gasteiger partial charge >= 0.3 is 6.18 Å². The zero-order valence-electron chi connectivity index (χ0n) is 12.3. The fourth-order valence-electron chi connectivity index (χ4n) is 1.35. The Hall–Kier alpha value is -1.47. The normalized spacial score (nSPS) is 13.1. The Morgan fingerprint density at radius 1 is 1.20 bits per heavy atom. The van der Waals surface area contributed by atoms with Gasteiger partial charge in [0.2, 0.25) is 5.91 Å². The van der Waals surface area contributed by atoms with Crippen LogP contribution >= 0.6 is 0 Å². The molecular formula is C12H23F3N4O. The second-order valence-electron chi connectivity index (χ2n) is 4.95. The SMILES string of the molecule is CCNC(=NCC(C)(C)C(=O)NC)NCCC(F)(F)F. The number of aliphatic imine (C=N–C) groups is 1. The van der Waals surface area contributed by atoms with E-state index >= 15 is 0 Å². The van der Waals surface area contributed by atoms with Gasteiger partial charge in [0.25, 0.3) is 0 Å². The van der Waals surface area contributed by atoms with Gasteiger partial charge < -0.3 is 16.0 Å². The largest absolute Gasteiger partial charge is 0.390 e. The number of hydrogen-bond donors (Lipinski definition) is 3. The maximum Gasteiger partial charge on any atom is 0.390 e. The van der Waals surface area contributed by atoms with Crippen molar-refractivity contribution in [3.63, 3.8) is 0 Å². The molecule has 0 atom stereocenters. The molecule has 0 bridgehead atoms. The molecular weight excluding hydrogens is 273 g/mol. The van der Waals surface area contributed by atoms with Crippen molar-refractivity contribution < 1.29 is 18.0 Å². The van der Waals surface area contributed by atoms with Crippen LogP contribution in [0.4, 0.5) is 13.2 Å². The summed E-state index contributed by atoms with van der Waals surface area (Å²) in [5.74, 6) is 0.0983. The first kappa shape index (κ1) is 18.5. The molecule has 0 spiro atoms. The molecule has 0 heterocycles. The highest BCUT2D eigenvalue weighted by molar-refractivity contribution is 5.83. The Balaban J connectivity index is 4.51. The number of nitrogens with one attached hydrogen (secondary N) is 3. The third-order valence-electron chi connectivity index (χ3n) is 2.52. The lowest BCUT2D eigenvalue weighted by atomic mass is 9.93.